The lowest BCUT2D eigenvalue weighted by atomic mass is 10.1. The molecule has 0 saturated carbocycles. The number of nitrogens with one attached hydrogen (secondary N) is 2. The smallest absolute Gasteiger partial charge is 0.348 e. The lowest BCUT2D eigenvalue weighted by molar-refractivity contribution is -0.137. The number of H-pyrrole nitrogens is 1. The number of sulfonamides is 1. The van der Waals surface area contributed by atoms with E-state index in [1.807, 2.05) is 13.0 Å². The van der Waals surface area contributed by atoms with Crippen molar-refractivity contribution < 1.29 is 21.6 Å². The van der Waals surface area contributed by atoms with E-state index in [2.05, 4.69) is 25.3 Å². The lowest BCUT2D eigenvalue weighted by Crippen LogP contribution is -2.22. The van der Waals surface area contributed by atoms with Crippen molar-refractivity contribution in [2.45, 2.75) is 24.0 Å². The molecule has 0 aliphatic carbocycles. The van der Waals surface area contributed by atoms with Gasteiger partial charge in [0, 0.05) is 37.4 Å². The van der Waals surface area contributed by atoms with Crippen LogP contribution in [-0.4, -0.2) is 46.8 Å². The number of aromatic nitrogens is 4. The SMILES string of the molecule is C[C@@H](Nc1ncc(C#N)c(-c2c[nH]c3ncc(C(F)(F)F)cc23)n1)c1ccc(S(=O)(=O)N(C)C)cc1. The number of anilines is 1. The molecule has 4 rings (SSSR count). The van der Waals surface area contributed by atoms with Gasteiger partial charge in [-0.15, -0.1) is 0 Å². The molecule has 36 heavy (non-hydrogen) atoms. The van der Waals surface area contributed by atoms with Crippen LogP contribution in [0.25, 0.3) is 22.3 Å². The van der Waals surface area contributed by atoms with Gasteiger partial charge in [0.1, 0.15) is 11.7 Å². The van der Waals surface area contributed by atoms with E-state index in [4.69, 9.17) is 0 Å². The van der Waals surface area contributed by atoms with E-state index in [9.17, 15) is 26.9 Å². The molecule has 13 heteroatoms. The van der Waals surface area contributed by atoms with Crippen LogP contribution in [0.4, 0.5) is 19.1 Å². The second-order valence-corrected chi connectivity index (χ2v) is 10.3. The highest BCUT2D eigenvalue weighted by Gasteiger charge is 2.31. The van der Waals surface area contributed by atoms with Crippen LogP contribution >= 0.6 is 0 Å². The number of nitrogens with zero attached hydrogens (tertiary/aromatic N) is 5. The molecule has 2 N–H and O–H groups in total. The van der Waals surface area contributed by atoms with Crippen LogP contribution in [0.1, 0.15) is 29.7 Å². The lowest BCUT2D eigenvalue weighted by Gasteiger charge is -2.16. The van der Waals surface area contributed by atoms with Gasteiger partial charge in [0.05, 0.1) is 34.0 Å². The molecule has 4 aromatic rings. The van der Waals surface area contributed by atoms with E-state index in [-0.39, 0.29) is 44.7 Å². The molecule has 0 bridgehead atoms. The minimum Gasteiger partial charge on any atom is -0.348 e. The normalized spacial score (nSPS) is 13.1. The first-order valence-electron chi connectivity index (χ1n) is 10.5. The average molecular weight is 516 g/mol. The van der Waals surface area contributed by atoms with E-state index in [0.29, 0.717) is 0 Å². The van der Waals surface area contributed by atoms with Gasteiger partial charge in [-0.25, -0.2) is 27.7 Å². The first-order chi connectivity index (χ1) is 16.9. The highest BCUT2D eigenvalue weighted by Crippen LogP contribution is 2.35. The van der Waals surface area contributed by atoms with E-state index in [1.54, 1.807) is 12.1 Å². The summed E-state index contributed by atoms with van der Waals surface area (Å²) >= 11 is 0. The van der Waals surface area contributed by atoms with Gasteiger partial charge < -0.3 is 10.3 Å². The third-order valence-electron chi connectivity index (χ3n) is 5.53. The fraction of sp³-hybridized carbons (Fsp3) is 0.217. The summed E-state index contributed by atoms with van der Waals surface area (Å²) in [6.45, 7) is 1.81. The number of halogens is 3. The second-order valence-electron chi connectivity index (χ2n) is 8.11. The Hall–Kier alpha value is -4.02. The van der Waals surface area contributed by atoms with Crippen molar-refractivity contribution in [1.82, 2.24) is 24.2 Å². The Kier molecular flexibility index (Phi) is 6.42. The van der Waals surface area contributed by atoms with Crippen LogP contribution in [0.3, 0.4) is 0 Å². The monoisotopic (exact) mass is 515 g/mol. The maximum absolute atomic E-state index is 13.2. The van der Waals surface area contributed by atoms with Crippen molar-refractivity contribution in [1.29, 1.82) is 5.26 Å². The quantitative estimate of drug-likeness (QED) is 0.391. The van der Waals surface area contributed by atoms with E-state index in [1.165, 1.54) is 38.6 Å². The summed E-state index contributed by atoms with van der Waals surface area (Å²) in [6, 6.07) is 8.85. The number of alkyl halides is 3. The number of aromatic amines is 1. The van der Waals surface area contributed by atoms with Crippen molar-refractivity contribution in [3.8, 4) is 17.3 Å². The van der Waals surface area contributed by atoms with Crippen LogP contribution in [0.5, 0.6) is 0 Å². The maximum Gasteiger partial charge on any atom is 0.417 e. The van der Waals surface area contributed by atoms with Gasteiger partial charge in [0.15, 0.2) is 0 Å². The Bertz CT molecular complexity index is 1570. The third kappa shape index (κ3) is 4.73. The highest BCUT2D eigenvalue weighted by atomic mass is 32.2. The van der Waals surface area contributed by atoms with Gasteiger partial charge >= 0.3 is 6.18 Å². The molecule has 1 aromatic carbocycles. The molecular formula is C23H20F3N7O2S. The van der Waals surface area contributed by atoms with Crippen LogP contribution in [0.15, 0.2) is 53.8 Å². The summed E-state index contributed by atoms with van der Waals surface area (Å²) in [5, 5.41) is 12.8. The van der Waals surface area contributed by atoms with Crippen molar-refractivity contribution in [2.75, 3.05) is 19.4 Å². The number of nitriles is 1. The maximum atomic E-state index is 13.2. The van der Waals surface area contributed by atoms with Crippen molar-refractivity contribution in [2.24, 2.45) is 0 Å². The van der Waals surface area contributed by atoms with Crippen molar-refractivity contribution in [3.05, 3.63) is 65.6 Å². The molecular weight excluding hydrogens is 495 g/mol. The summed E-state index contributed by atoms with van der Waals surface area (Å²) in [4.78, 5) is 15.3. The molecule has 0 saturated heterocycles. The zero-order chi connectivity index (χ0) is 26.3. The zero-order valence-corrected chi connectivity index (χ0v) is 20.1. The second kappa shape index (κ2) is 9.21. The van der Waals surface area contributed by atoms with Crippen LogP contribution in [-0.2, 0) is 16.2 Å². The molecule has 0 radical (unpaired) electrons. The summed E-state index contributed by atoms with van der Waals surface area (Å²) in [5.74, 6) is 0.135. The summed E-state index contributed by atoms with van der Waals surface area (Å²) in [5.41, 5.74) is 0.530. The van der Waals surface area contributed by atoms with Gasteiger partial charge in [0.2, 0.25) is 16.0 Å². The number of benzene rings is 1. The summed E-state index contributed by atoms with van der Waals surface area (Å²) in [6.07, 6.45) is -1.12. The third-order valence-corrected chi connectivity index (χ3v) is 7.36. The molecule has 1 atom stereocenters. The Balaban J connectivity index is 1.67. The molecule has 0 unspecified atom stereocenters. The molecule has 0 spiro atoms. The first kappa shape index (κ1) is 25.1. The number of pyridine rings is 1. The predicted octanol–water partition coefficient (Wildman–Crippen LogP) is 4.33. The fourth-order valence-electron chi connectivity index (χ4n) is 3.51. The number of rotatable bonds is 6. The molecule has 186 valence electrons. The summed E-state index contributed by atoms with van der Waals surface area (Å²) < 4.78 is 65.4. The van der Waals surface area contributed by atoms with E-state index >= 15 is 0 Å². The van der Waals surface area contributed by atoms with Crippen LogP contribution in [0, 0.1) is 11.3 Å². The summed E-state index contributed by atoms with van der Waals surface area (Å²) in [7, 11) is -0.677. The molecule has 9 nitrogen and oxygen atoms in total. The van der Waals surface area contributed by atoms with Gasteiger partial charge in [-0.05, 0) is 30.7 Å². The standard InChI is InChI=1S/C23H20F3N7O2S/c1-13(14-4-6-17(7-5-14)36(34,35)33(2)3)31-22-30-10-15(9-27)20(32-22)19-12-29-21-18(19)8-16(11-28-21)23(24,25)26/h4-8,10-13H,1-3H3,(H,28,29)(H,30,31,32)/t13-/m1/s1. The minimum atomic E-state index is -4.58. The number of hydrogen-bond acceptors (Lipinski definition) is 7. The Morgan fingerprint density at radius 3 is 2.44 bits per heavy atom. The zero-order valence-electron chi connectivity index (χ0n) is 19.3. The fourth-order valence-corrected chi connectivity index (χ4v) is 4.41. The first-order valence-corrected chi connectivity index (χ1v) is 12.0. The average Bonchev–Trinajstić information content (AvgIpc) is 3.26. The largest absolute Gasteiger partial charge is 0.417 e. The Morgan fingerprint density at radius 2 is 1.83 bits per heavy atom. The van der Waals surface area contributed by atoms with Crippen LogP contribution < -0.4 is 5.32 Å². The van der Waals surface area contributed by atoms with Crippen LogP contribution in [0.2, 0.25) is 0 Å². The Morgan fingerprint density at radius 1 is 1.14 bits per heavy atom. The molecule has 0 amide bonds. The van der Waals surface area contributed by atoms with E-state index in [0.717, 1.165) is 22.1 Å². The molecule has 0 fully saturated rings. The molecule has 3 aromatic heterocycles. The van der Waals surface area contributed by atoms with Crippen molar-refractivity contribution >= 4 is 27.0 Å². The van der Waals surface area contributed by atoms with Gasteiger partial charge in [-0.3, -0.25) is 0 Å². The van der Waals surface area contributed by atoms with Gasteiger partial charge in [-0.1, -0.05) is 12.1 Å². The molecule has 0 aliphatic rings. The van der Waals surface area contributed by atoms with E-state index < -0.39 is 21.8 Å². The highest BCUT2D eigenvalue weighted by molar-refractivity contribution is 7.89. The molecule has 0 aliphatic heterocycles. The topological polar surface area (TPSA) is 128 Å². The van der Waals surface area contributed by atoms with Gasteiger partial charge in [0.25, 0.3) is 0 Å². The Labute approximate surface area is 204 Å². The predicted molar refractivity (Wildman–Crippen MR) is 126 cm³/mol. The molecule has 3 heterocycles. The van der Waals surface area contributed by atoms with Gasteiger partial charge in [-0.2, -0.15) is 18.4 Å². The number of fused-ring (bicyclic) bond motifs is 1. The number of hydrogen-bond donors (Lipinski definition) is 2. The van der Waals surface area contributed by atoms with Crippen molar-refractivity contribution in [3.63, 3.8) is 0 Å². The minimum absolute atomic E-state index is 0.0739.